The van der Waals surface area contributed by atoms with Crippen LogP contribution in [0.2, 0.25) is 0 Å². The average molecular weight is 568 g/mol. The molecule has 0 saturated carbocycles. The summed E-state index contributed by atoms with van der Waals surface area (Å²) in [7, 11) is 0. The molecule has 0 bridgehead atoms. The van der Waals surface area contributed by atoms with Crippen molar-refractivity contribution in [3.05, 3.63) is 80.6 Å². The van der Waals surface area contributed by atoms with Gasteiger partial charge in [0, 0.05) is 37.7 Å². The lowest BCUT2D eigenvalue weighted by atomic mass is 9.96. The number of nitrogens with zero attached hydrogens (tertiary/aromatic N) is 5. The lowest BCUT2D eigenvalue weighted by Crippen LogP contribution is -2.49. The van der Waals surface area contributed by atoms with Gasteiger partial charge in [-0.2, -0.15) is 31.4 Å². The molecule has 1 aromatic carbocycles. The van der Waals surface area contributed by atoms with Gasteiger partial charge in [0.05, 0.1) is 28.4 Å². The van der Waals surface area contributed by atoms with Gasteiger partial charge < -0.3 is 9.47 Å². The van der Waals surface area contributed by atoms with Gasteiger partial charge in [0.15, 0.2) is 5.82 Å². The molecule has 40 heavy (non-hydrogen) atoms. The number of benzene rings is 1. The van der Waals surface area contributed by atoms with E-state index in [2.05, 4.69) is 15.1 Å². The molecule has 210 valence electrons. The van der Waals surface area contributed by atoms with Crippen LogP contribution in [-0.2, 0) is 18.9 Å². The number of rotatable bonds is 6. The Hall–Kier alpha value is -4.30. The number of alkyl halides is 6. The lowest BCUT2D eigenvalue weighted by Gasteiger charge is -2.43. The molecule has 0 unspecified atom stereocenters. The fourth-order valence-corrected chi connectivity index (χ4v) is 4.70. The number of halogens is 7. The number of H-pyrrole nitrogens is 1. The maximum Gasteiger partial charge on any atom is 0.423 e. The van der Waals surface area contributed by atoms with Crippen molar-refractivity contribution in [2.45, 2.75) is 44.2 Å². The van der Waals surface area contributed by atoms with Gasteiger partial charge in [-0.15, -0.1) is 0 Å². The van der Waals surface area contributed by atoms with Gasteiger partial charge in [-0.25, -0.2) is 19.5 Å². The summed E-state index contributed by atoms with van der Waals surface area (Å²) in [5, 5.41) is 5.67. The Bertz CT molecular complexity index is 1680. The highest BCUT2D eigenvalue weighted by molar-refractivity contribution is 5.86. The fourth-order valence-electron chi connectivity index (χ4n) is 4.70. The monoisotopic (exact) mass is 568 g/mol. The highest BCUT2D eigenvalue weighted by Gasteiger charge is 2.41. The molecule has 15 heteroatoms. The molecule has 1 N–H and O–H groups in total. The van der Waals surface area contributed by atoms with E-state index < -0.39 is 40.4 Å². The maximum atomic E-state index is 14.8. The third kappa shape index (κ3) is 5.14. The molecular weight excluding hydrogens is 549 g/mol. The minimum Gasteiger partial charge on any atom is -0.366 e. The first-order valence-electron chi connectivity index (χ1n) is 12.0. The van der Waals surface area contributed by atoms with Crippen LogP contribution >= 0.6 is 0 Å². The molecule has 0 radical (unpaired) electrons. The smallest absolute Gasteiger partial charge is 0.366 e. The van der Waals surface area contributed by atoms with Gasteiger partial charge >= 0.3 is 12.4 Å². The molecule has 0 spiro atoms. The quantitative estimate of drug-likeness (QED) is 0.337. The highest BCUT2D eigenvalue weighted by Crippen LogP contribution is 2.38. The van der Waals surface area contributed by atoms with Crippen LogP contribution in [0.3, 0.4) is 0 Å². The van der Waals surface area contributed by atoms with Crippen LogP contribution in [-0.4, -0.2) is 37.3 Å². The zero-order valence-electron chi connectivity index (χ0n) is 20.4. The second-order valence-electron chi connectivity index (χ2n) is 9.26. The molecule has 4 heterocycles. The Labute approximate surface area is 220 Å². The highest BCUT2D eigenvalue weighted by atomic mass is 19.4. The van der Waals surface area contributed by atoms with Gasteiger partial charge in [-0.3, -0.25) is 9.59 Å². The van der Waals surface area contributed by atoms with Crippen molar-refractivity contribution < 1.29 is 30.7 Å². The van der Waals surface area contributed by atoms with Crippen LogP contribution in [0.1, 0.15) is 30.4 Å². The first kappa shape index (κ1) is 27.3. The Kier molecular flexibility index (Phi) is 6.84. The Morgan fingerprint density at radius 3 is 2.35 bits per heavy atom. The maximum absolute atomic E-state index is 14.8. The number of fused-ring (bicyclic) bond motifs is 1. The summed E-state index contributed by atoms with van der Waals surface area (Å²) in [5.74, 6) is -1.16. The topological polar surface area (TPSA) is 96.8 Å². The number of anilines is 1. The number of hydrogen-bond donors (Lipinski definition) is 1. The van der Waals surface area contributed by atoms with Gasteiger partial charge in [0.1, 0.15) is 11.4 Å². The number of nitrogens with one attached hydrogen (secondary N) is 1. The van der Waals surface area contributed by atoms with Crippen LogP contribution < -0.4 is 16.0 Å². The van der Waals surface area contributed by atoms with Crippen LogP contribution in [0.5, 0.6) is 0 Å². The van der Waals surface area contributed by atoms with Crippen molar-refractivity contribution >= 4 is 16.5 Å². The molecular formula is C25H19F7N6O2. The normalized spacial score (nSPS) is 15.9. The first-order chi connectivity index (χ1) is 18.8. The molecule has 8 nitrogen and oxygen atoms in total. The van der Waals surface area contributed by atoms with E-state index in [0.717, 1.165) is 12.3 Å². The van der Waals surface area contributed by atoms with E-state index in [1.54, 1.807) is 0 Å². The predicted molar refractivity (Wildman–Crippen MR) is 129 cm³/mol. The van der Waals surface area contributed by atoms with E-state index in [9.17, 15) is 40.3 Å². The standard InChI is InChI=1S/C25H19F7N6O2/c26-18-9-16-13(8-17(18)21-33-10-14(11-34-21)24(27,28)29)3-6-37(23(16)40)5-1-2-15-4-7-38(15)19-12-35-36-22(39)20(19)25(30,31)32/h3,6,8-12,15H,1-2,4-5,7H2,(H,36,39)/t15-/m0/s1. The summed E-state index contributed by atoms with van der Waals surface area (Å²) in [6.07, 6.45) is -4.53. The van der Waals surface area contributed by atoms with Gasteiger partial charge in [0.25, 0.3) is 11.1 Å². The van der Waals surface area contributed by atoms with E-state index in [1.165, 1.54) is 27.8 Å². The Morgan fingerprint density at radius 2 is 1.73 bits per heavy atom. The lowest BCUT2D eigenvalue weighted by molar-refractivity contribution is -0.139. The minimum absolute atomic E-state index is 0.0327. The third-order valence-electron chi connectivity index (χ3n) is 6.79. The summed E-state index contributed by atoms with van der Waals surface area (Å²) < 4.78 is 94.8. The molecule has 3 aromatic heterocycles. The van der Waals surface area contributed by atoms with E-state index in [0.29, 0.717) is 43.6 Å². The summed E-state index contributed by atoms with van der Waals surface area (Å²) in [4.78, 5) is 33.4. The molecule has 5 rings (SSSR count). The largest absolute Gasteiger partial charge is 0.423 e. The van der Waals surface area contributed by atoms with Gasteiger partial charge in [0.2, 0.25) is 0 Å². The van der Waals surface area contributed by atoms with Crippen molar-refractivity contribution in [3.63, 3.8) is 0 Å². The van der Waals surface area contributed by atoms with Crippen molar-refractivity contribution in [2.24, 2.45) is 0 Å². The van der Waals surface area contributed by atoms with E-state index in [-0.39, 0.29) is 35.0 Å². The van der Waals surface area contributed by atoms with Crippen molar-refractivity contribution in [1.82, 2.24) is 24.7 Å². The number of hydrogen-bond acceptors (Lipinski definition) is 6. The van der Waals surface area contributed by atoms with Crippen LogP contribution in [0.15, 0.2) is 52.6 Å². The summed E-state index contributed by atoms with van der Waals surface area (Å²) in [5.41, 5.74) is -4.69. The van der Waals surface area contributed by atoms with Gasteiger partial charge in [-0.1, -0.05) is 0 Å². The van der Waals surface area contributed by atoms with Crippen molar-refractivity contribution in [3.8, 4) is 11.4 Å². The Balaban J connectivity index is 1.31. The van der Waals surface area contributed by atoms with Gasteiger partial charge in [-0.05, 0) is 42.8 Å². The predicted octanol–water partition coefficient (Wildman–Crippen LogP) is 4.78. The van der Waals surface area contributed by atoms with Crippen LogP contribution in [0, 0.1) is 5.82 Å². The number of aromatic nitrogens is 5. The number of pyridine rings is 1. The zero-order chi connectivity index (χ0) is 28.8. The summed E-state index contributed by atoms with van der Waals surface area (Å²) in [6, 6.07) is 3.50. The van der Waals surface area contributed by atoms with Crippen LogP contribution in [0.25, 0.3) is 22.2 Å². The SMILES string of the molecule is O=c1[nH]ncc(N2CC[C@@H]2CCCn2ccc3cc(-c4ncc(C(F)(F)F)cn4)c(F)cc3c2=O)c1C(F)(F)F. The second kappa shape index (κ2) is 10.0. The van der Waals surface area contributed by atoms with E-state index in [1.807, 2.05) is 5.10 Å². The number of aryl methyl sites for hydroxylation is 1. The van der Waals surface area contributed by atoms with E-state index in [4.69, 9.17) is 0 Å². The summed E-state index contributed by atoms with van der Waals surface area (Å²) >= 11 is 0. The molecule has 0 amide bonds. The molecule has 1 saturated heterocycles. The van der Waals surface area contributed by atoms with Crippen LogP contribution in [0.4, 0.5) is 36.4 Å². The average Bonchev–Trinajstić information content (AvgIpc) is 2.86. The van der Waals surface area contributed by atoms with Crippen molar-refractivity contribution in [2.75, 3.05) is 11.4 Å². The molecule has 0 aliphatic carbocycles. The third-order valence-corrected chi connectivity index (χ3v) is 6.79. The first-order valence-corrected chi connectivity index (χ1v) is 12.0. The number of aromatic amines is 1. The fraction of sp³-hybridized carbons (Fsp3) is 0.320. The Morgan fingerprint density at radius 1 is 1.00 bits per heavy atom. The molecule has 4 aromatic rings. The molecule has 1 atom stereocenters. The molecule has 1 aliphatic heterocycles. The molecule has 1 aliphatic rings. The minimum atomic E-state index is -4.85. The molecule has 1 fully saturated rings. The summed E-state index contributed by atoms with van der Waals surface area (Å²) in [6.45, 7) is 0.517. The zero-order valence-corrected chi connectivity index (χ0v) is 20.4. The van der Waals surface area contributed by atoms with Crippen molar-refractivity contribution in [1.29, 1.82) is 0 Å². The second-order valence-corrected chi connectivity index (χ2v) is 9.26. The van der Waals surface area contributed by atoms with E-state index >= 15 is 0 Å².